The molecule has 1 heterocycles. The summed E-state index contributed by atoms with van der Waals surface area (Å²) in [6.07, 6.45) is 2.88. The van der Waals surface area contributed by atoms with Gasteiger partial charge in [-0.2, -0.15) is 0 Å². The molecular weight excluding hydrogens is 220 g/mol. The van der Waals surface area contributed by atoms with Crippen molar-refractivity contribution in [1.82, 2.24) is 4.98 Å². The van der Waals surface area contributed by atoms with Crippen molar-refractivity contribution < 1.29 is 0 Å². The van der Waals surface area contributed by atoms with Gasteiger partial charge >= 0.3 is 0 Å². The van der Waals surface area contributed by atoms with Crippen LogP contribution in [0.2, 0.25) is 0 Å². The molecule has 1 aromatic heterocycles. The van der Waals surface area contributed by atoms with Gasteiger partial charge < -0.3 is 5.73 Å². The van der Waals surface area contributed by atoms with Gasteiger partial charge in [0.25, 0.3) is 0 Å². The van der Waals surface area contributed by atoms with Gasteiger partial charge in [0, 0.05) is 24.4 Å². The topological polar surface area (TPSA) is 38.9 Å². The van der Waals surface area contributed by atoms with Gasteiger partial charge in [0.2, 0.25) is 0 Å². The van der Waals surface area contributed by atoms with Crippen molar-refractivity contribution in [3.63, 3.8) is 0 Å². The fourth-order valence-electron chi connectivity index (χ4n) is 2.30. The average Bonchev–Trinajstić information content (AvgIpc) is 2.46. The van der Waals surface area contributed by atoms with Gasteiger partial charge in [0.05, 0.1) is 0 Å². The summed E-state index contributed by atoms with van der Waals surface area (Å²) in [7, 11) is 0. The molecule has 2 N–H and O–H groups in total. The molecule has 0 aliphatic carbocycles. The molecule has 0 aliphatic heterocycles. The highest BCUT2D eigenvalue weighted by Crippen LogP contribution is 2.27. The molecular formula is C16H20N2. The normalized spacial score (nSPS) is 14.1. The van der Waals surface area contributed by atoms with E-state index in [4.69, 9.17) is 5.73 Å². The van der Waals surface area contributed by atoms with Gasteiger partial charge in [-0.05, 0) is 30.0 Å². The van der Waals surface area contributed by atoms with Gasteiger partial charge in [0.15, 0.2) is 0 Å². The van der Waals surface area contributed by atoms with Crippen LogP contribution < -0.4 is 5.73 Å². The first-order valence-electron chi connectivity index (χ1n) is 6.47. The fourth-order valence-corrected chi connectivity index (χ4v) is 2.30. The lowest BCUT2D eigenvalue weighted by Gasteiger charge is -2.19. The Morgan fingerprint density at radius 1 is 1.06 bits per heavy atom. The Morgan fingerprint density at radius 3 is 2.39 bits per heavy atom. The first kappa shape index (κ1) is 12.8. The zero-order valence-electron chi connectivity index (χ0n) is 10.8. The van der Waals surface area contributed by atoms with Crippen LogP contribution >= 0.6 is 0 Å². The van der Waals surface area contributed by atoms with E-state index in [0.717, 1.165) is 12.1 Å². The quantitative estimate of drug-likeness (QED) is 0.870. The summed E-state index contributed by atoms with van der Waals surface area (Å²) in [5.74, 6) is 0.836. The van der Waals surface area contributed by atoms with Crippen molar-refractivity contribution in [3.05, 3.63) is 66.0 Å². The third-order valence-corrected chi connectivity index (χ3v) is 3.40. The van der Waals surface area contributed by atoms with Gasteiger partial charge in [0.1, 0.15) is 0 Å². The molecule has 0 fully saturated rings. The first-order chi connectivity index (χ1) is 8.81. The molecule has 2 heteroatoms. The molecule has 0 bridgehead atoms. The Labute approximate surface area is 109 Å². The van der Waals surface area contributed by atoms with E-state index < -0.39 is 0 Å². The van der Waals surface area contributed by atoms with Gasteiger partial charge in [-0.1, -0.05) is 43.3 Å². The van der Waals surface area contributed by atoms with Crippen LogP contribution in [0.5, 0.6) is 0 Å². The third-order valence-electron chi connectivity index (χ3n) is 3.40. The summed E-state index contributed by atoms with van der Waals surface area (Å²) in [4.78, 5) is 4.42. The van der Waals surface area contributed by atoms with Gasteiger partial charge in [-0.3, -0.25) is 4.98 Å². The lowest BCUT2D eigenvalue weighted by atomic mass is 9.88. The lowest BCUT2D eigenvalue weighted by molar-refractivity contribution is 0.554. The van der Waals surface area contributed by atoms with Gasteiger partial charge in [-0.25, -0.2) is 0 Å². The monoisotopic (exact) mass is 240 g/mol. The minimum atomic E-state index is 0.335. The second-order valence-corrected chi connectivity index (χ2v) is 4.73. The number of rotatable bonds is 5. The standard InChI is InChI=1S/C16H20N2/c1-13(14-7-3-2-4-8-14)11-15(12-17)16-9-5-6-10-18-16/h2-10,13,15H,11-12,17H2,1H3/t13-,15+/m1/s1. The zero-order valence-corrected chi connectivity index (χ0v) is 10.8. The van der Waals surface area contributed by atoms with Crippen molar-refractivity contribution in [1.29, 1.82) is 0 Å². The van der Waals surface area contributed by atoms with Crippen LogP contribution in [-0.2, 0) is 0 Å². The minimum absolute atomic E-state index is 0.335. The number of hydrogen-bond acceptors (Lipinski definition) is 2. The molecule has 2 nitrogen and oxygen atoms in total. The van der Waals surface area contributed by atoms with E-state index in [-0.39, 0.29) is 0 Å². The van der Waals surface area contributed by atoms with Crippen molar-refractivity contribution in [3.8, 4) is 0 Å². The zero-order chi connectivity index (χ0) is 12.8. The van der Waals surface area contributed by atoms with Crippen LogP contribution in [-0.4, -0.2) is 11.5 Å². The summed E-state index contributed by atoms with van der Waals surface area (Å²) in [5, 5.41) is 0. The largest absolute Gasteiger partial charge is 0.330 e. The molecule has 1 aromatic carbocycles. The summed E-state index contributed by atoms with van der Waals surface area (Å²) in [5.41, 5.74) is 8.36. The maximum atomic E-state index is 5.89. The Bertz CT molecular complexity index is 453. The molecule has 0 saturated heterocycles. The van der Waals surface area contributed by atoms with Crippen LogP contribution in [0, 0.1) is 0 Å². The SMILES string of the molecule is C[C@H](C[C@@H](CN)c1ccccn1)c1ccccc1. The molecule has 0 unspecified atom stereocenters. The predicted molar refractivity (Wildman–Crippen MR) is 75.5 cm³/mol. The van der Waals surface area contributed by atoms with Crippen LogP contribution in [0.25, 0.3) is 0 Å². The first-order valence-corrected chi connectivity index (χ1v) is 6.47. The van der Waals surface area contributed by atoms with Gasteiger partial charge in [-0.15, -0.1) is 0 Å². The van der Waals surface area contributed by atoms with E-state index in [0.29, 0.717) is 18.4 Å². The summed E-state index contributed by atoms with van der Waals surface area (Å²) in [6.45, 7) is 2.90. The minimum Gasteiger partial charge on any atom is -0.330 e. The predicted octanol–water partition coefficient (Wildman–Crippen LogP) is 3.32. The molecule has 2 rings (SSSR count). The van der Waals surface area contributed by atoms with E-state index in [9.17, 15) is 0 Å². The molecule has 2 atom stereocenters. The number of pyridine rings is 1. The maximum Gasteiger partial charge on any atom is 0.0447 e. The third kappa shape index (κ3) is 3.17. The number of benzene rings is 1. The molecule has 0 aliphatic rings. The molecule has 94 valence electrons. The van der Waals surface area contributed by atoms with Crippen LogP contribution in [0.15, 0.2) is 54.7 Å². The number of hydrogen-bond donors (Lipinski definition) is 1. The second-order valence-electron chi connectivity index (χ2n) is 4.73. The van der Waals surface area contributed by atoms with E-state index >= 15 is 0 Å². The Morgan fingerprint density at radius 2 is 1.78 bits per heavy atom. The van der Waals surface area contributed by atoms with E-state index in [1.165, 1.54) is 5.56 Å². The fraction of sp³-hybridized carbons (Fsp3) is 0.312. The van der Waals surface area contributed by atoms with Crippen LogP contribution in [0.1, 0.15) is 36.4 Å². The van der Waals surface area contributed by atoms with Crippen molar-refractivity contribution in [2.45, 2.75) is 25.2 Å². The van der Waals surface area contributed by atoms with Crippen LogP contribution in [0.4, 0.5) is 0 Å². The maximum absolute atomic E-state index is 5.89. The molecule has 0 spiro atoms. The summed E-state index contributed by atoms with van der Waals surface area (Å²) in [6, 6.07) is 16.6. The van der Waals surface area contributed by atoms with Crippen molar-refractivity contribution in [2.24, 2.45) is 5.73 Å². The number of nitrogens with two attached hydrogens (primary N) is 1. The van der Waals surface area contributed by atoms with Crippen molar-refractivity contribution >= 4 is 0 Å². The molecule has 0 amide bonds. The summed E-state index contributed by atoms with van der Waals surface area (Å²) < 4.78 is 0. The highest BCUT2D eigenvalue weighted by Gasteiger charge is 2.15. The smallest absolute Gasteiger partial charge is 0.0447 e. The van der Waals surface area contributed by atoms with E-state index in [2.05, 4.69) is 48.3 Å². The van der Waals surface area contributed by atoms with E-state index in [1.807, 2.05) is 18.3 Å². The Hall–Kier alpha value is -1.67. The van der Waals surface area contributed by atoms with Crippen molar-refractivity contribution in [2.75, 3.05) is 6.54 Å². The highest BCUT2D eigenvalue weighted by atomic mass is 14.7. The molecule has 18 heavy (non-hydrogen) atoms. The molecule has 2 aromatic rings. The molecule has 0 radical (unpaired) electrons. The number of aromatic nitrogens is 1. The Balaban J connectivity index is 2.07. The molecule has 0 saturated carbocycles. The van der Waals surface area contributed by atoms with E-state index in [1.54, 1.807) is 0 Å². The second kappa shape index (κ2) is 6.31. The van der Waals surface area contributed by atoms with Crippen LogP contribution in [0.3, 0.4) is 0 Å². The Kier molecular flexibility index (Phi) is 4.48. The number of nitrogens with zero attached hydrogens (tertiary/aromatic N) is 1. The average molecular weight is 240 g/mol. The lowest BCUT2D eigenvalue weighted by Crippen LogP contribution is -2.16. The summed E-state index contributed by atoms with van der Waals surface area (Å²) >= 11 is 0. The highest BCUT2D eigenvalue weighted by molar-refractivity contribution is 5.20.